The Hall–Kier alpha value is -0.0400. The lowest BCUT2D eigenvalue weighted by Gasteiger charge is -2.05. The molecule has 10 heavy (non-hydrogen) atoms. The molecule has 0 bridgehead atoms. The molecule has 2 aliphatic rings. The van der Waals surface area contributed by atoms with E-state index in [4.69, 9.17) is 5.11 Å². The summed E-state index contributed by atoms with van der Waals surface area (Å²) >= 11 is 0. The van der Waals surface area contributed by atoms with Crippen LogP contribution in [0.25, 0.3) is 0 Å². The molecule has 1 N–H and O–H groups in total. The lowest BCUT2D eigenvalue weighted by atomic mass is 10.0. The van der Waals surface area contributed by atoms with Crippen LogP contribution in [-0.2, 0) is 0 Å². The fourth-order valence-electron chi connectivity index (χ4n) is 0.417. The normalized spacial score (nSPS) is 20.7. The van der Waals surface area contributed by atoms with Gasteiger partial charge in [-0.3, -0.25) is 0 Å². The average Bonchev–Trinajstić information content (AvgIpc) is 2.52. The fourth-order valence-corrected chi connectivity index (χ4v) is 0.417. The first-order chi connectivity index (χ1) is 4.89. The van der Waals surface area contributed by atoms with Crippen LogP contribution in [0.1, 0.15) is 45.4 Å². The highest BCUT2D eigenvalue weighted by Crippen LogP contribution is 2.26. The number of rotatable bonds is 0. The molecule has 2 rings (SSSR count). The molecule has 0 saturated heterocycles. The van der Waals surface area contributed by atoms with Crippen molar-refractivity contribution in [3.8, 4) is 0 Å². The monoisotopic (exact) mass is 144 g/mol. The molecular weight excluding hydrogens is 124 g/mol. The molecule has 0 aromatic heterocycles. The number of hydrogen-bond donors (Lipinski definition) is 1. The molecule has 0 heterocycles. The number of hydrogen-bond acceptors (Lipinski definition) is 1. The Morgan fingerprint density at radius 3 is 1.10 bits per heavy atom. The molecule has 0 spiro atoms. The second-order valence-corrected chi connectivity index (χ2v) is 3.10. The van der Waals surface area contributed by atoms with Gasteiger partial charge >= 0.3 is 0 Å². The third-order valence-electron chi connectivity index (χ3n) is 1.87. The molecule has 2 fully saturated rings. The third-order valence-corrected chi connectivity index (χ3v) is 1.87. The van der Waals surface area contributed by atoms with E-state index < -0.39 is 0 Å². The van der Waals surface area contributed by atoms with Gasteiger partial charge in [-0.05, 0) is 5.92 Å². The second-order valence-electron chi connectivity index (χ2n) is 3.10. The summed E-state index contributed by atoms with van der Waals surface area (Å²) in [6.07, 6.45) is 8.97. The van der Waals surface area contributed by atoms with E-state index in [-0.39, 0.29) is 0 Å². The van der Waals surface area contributed by atoms with Crippen LogP contribution in [0.2, 0.25) is 0 Å². The van der Waals surface area contributed by atoms with Gasteiger partial charge in [0, 0.05) is 7.11 Å². The van der Waals surface area contributed by atoms with Crippen molar-refractivity contribution in [2.45, 2.75) is 45.4 Å². The van der Waals surface area contributed by atoms with Gasteiger partial charge in [-0.25, -0.2) is 0 Å². The maximum atomic E-state index is 7.00. The Labute approximate surface area is 64.5 Å². The van der Waals surface area contributed by atoms with Gasteiger partial charge in [-0.1, -0.05) is 45.4 Å². The van der Waals surface area contributed by atoms with Crippen molar-refractivity contribution in [2.75, 3.05) is 7.11 Å². The smallest absolute Gasteiger partial charge is 0.0319 e. The van der Waals surface area contributed by atoms with Crippen LogP contribution in [0, 0.1) is 5.92 Å². The number of aliphatic hydroxyl groups excluding tert-OH is 1. The Kier molecular flexibility index (Phi) is 7.04. The van der Waals surface area contributed by atoms with Crippen LogP contribution >= 0.6 is 0 Å². The standard InChI is InChI=1S/2C4H8.CH4O/c1-4-2-3-4;1-2-4-3-1;1-2/h4H,2-3H2,1H3;1-4H2;2H,1H3. The molecule has 1 heteroatoms. The zero-order valence-corrected chi connectivity index (χ0v) is 7.27. The van der Waals surface area contributed by atoms with Gasteiger partial charge < -0.3 is 5.11 Å². The van der Waals surface area contributed by atoms with Crippen molar-refractivity contribution in [2.24, 2.45) is 5.92 Å². The summed E-state index contributed by atoms with van der Waals surface area (Å²) in [5.41, 5.74) is 0. The molecule has 0 unspecified atom stereocenters. The van der Waals surface area contributed by atoms with E-state index >= 15 is 0 Å². The lowest BCUT2D eigenvalue weighted by Crippen LogP contribution is -1.85. The van der Waals surface area contributed by atoms with E-state index in [9.17, 15) is 0 Å². The number of aliphatic hydroxyl groups is 1. The zero-order valence-electron chi connectivity index (χ0n) is 7.27. The van der Waals surface area contributed by atoms with Crippen LogP contribution in [0.4, 0.5) is 0 Å². The molecule has 0 aliphatic heterocycles. The van der Waals surface area contributed by atoms with Crippen LogP contribution in [-0.4, -0.2) is 12.2 Å². The van der Waals surface area contributed by atoms with Crippen LogP contribution in [0.5, 0.6) is 0 Å². The van der Waals surface area contributed by atoms with Crippen LogP contribution in [0.15, 0.2) is 0 Å². The first kappa shape index (κ1) is 9.96. The van der Waals surface area contributed by atoms with Crippen molar-refractivity contribution < 1.29 is 5.11 Å². The SMILES string of the molecule is C1CCC1.CC1CC1.CO. The molecule has 62 valence electrons. The Balaban J connectivity index is 0.000000131. The molecule has 0 aromatic carbocycles. The van der Waals surface area contributed by atoms with Gasteiger partial charge in [-0.15, -0.1) is 0 Å². The minimum Gasteiger partial charge on any atom is -0.400 e. The van der Waals surface area contributed by atoms with Gasteiger partial charge in [0.15, 0.2) is 0 Å². The van der Waals surface area contributed by atoms with Gasteiger partial charge in [0.05, 0.1) is 0 Å². The van der Waals surface area contributed by atoms with Crippen molar-refractivity contribution in [1.82, 2.24) is 0 Å². The van der Waals surface area contributed by atoms with Crippen LogP contribution < -0.4 is 0 Å². The first-order valence-electron chi connectivity index (χ1n) is 4.34. The Morgan fingerprint density at radius 2 is 1.10 bits per heavy atom. The van der Waals surface area contributed by atoms with Gasteiger partial charge in [0.1, 0.15) is 0 Å². The van der Waals surface area contributed by atoms with E-state index in [2.05, 4.69) is 6.92 Å². The molecule has 1 nitrogen and oxygen atoms in total. The Bertz CT molecular complexity index is 49.7. The van der Waals surface area contributed by atoms with Gasteiger partial charge in [0.2, 0.25) is 0 Å². The molecule has 2 saturated carbocycles. The molecule has 0 radical (unpaired) electrons. The van der Waals surface area contributed by atoms with Crippen molar-refractivity contribution in [1.29, 1.82) is 0 Å². The largest absolute Gasteiger partial charge is 0.400 e. The van der Waals surface area contributed by atoms with Crippen LogP contribution in [0.3, 0.4) is 0 Å². The first-order valence-corrected chi connectivity index (χ1v) is 4.34. The summed E-state index contributed by atoms with van der Waals surface area (Å²) in [5.74, 6) is 1.08. The summed E-state index contributed by atoms with van der Waals surface area (Å²) in [7, 11) is 1.00. The van der Waals surface area contributed by atoms with E-state index in [0.29, 0.717) is 0 Å². The predicted molar refractivity (Wildman–Crippen MR) is 45.0 cm³/mol. The average molecular weight is 144 g/mol. The quantitative estimate of drug-likeness (QED) is 0.554. The third kappa shape index (κ3) is 7.96. The zero-order chi connectivity index (χ0) is 7.82. The molecule has 0 aromatic rings. The van der Waals surface area contributed by atoms with Gasteiger partial charge in [0.25, 0.3) is 0 Å². The highest BCUT2D eigenvalue weighted by atomic mass is 16.2. The highest BCUT2D eigenvalue weighted by Gasteiger charge is 2.12. The summed E-state index contributed by atoms with van der Waals surface area (Å²) in [6, 6.07) is 0. The van der Waals surface area contributed by atoms with E-state index in [1.165, 1.54) is 38.5 Å². The van der Waals surface area contributed by atoms with Crippen molar-refractivity contribution >= 4 is 0 Å². The highest BCUT2D eigenvalue weighted by molar-refractivity contribution is 4.65. The van der Waals surface area contributed by atoms with Crippen molar-refractivity contribution in [3.05, 3.63) is 0 Å². The lowest BCUT2D eigenvalue weighted by molar-refractivity contribution is 0.399. The summed E-state index contributed by atoms with van der Waals surface area (Å²) in [5, 5.41) is 7.00. The maximum absolute atomic E-state index is 7.00. The van der Waals surface area contributed by atoms with E-state index in [1.54, 1.807) is 0 Å². The molecule has 0 amide bonds. The topological polar surface area (TPSA) is 20.2 Å². The maximum Gasteiger partial charge on any atom is 0.0319 e. The summed E-state index contributed by atoms with van der Waals surface area (Å²) in [4.78, 5) is 0. The second kappa shape index (κ2) is 7.07. The van der Waals surface area contributed by atoms with E-state index in [1.807, 2.05) is 0 Å². The summed E-state index contributed by atoms with van der Waals surface area (Å²) in [6.45, 7) is 2.28. The minimum atomic E-state index is 1.00. The Morgan fingerprint density at radius 1 is 0.900 bits per heavy atom. The molecular formula is C9H20O. The predicted octanol–water partition coefficient (Wildman–Crippen LogP) is 2.59. The minimum absolute atomic E-state index is 1.00. The molecule has 0 atom stereocenters. The molecule has 2 aliphatic carbocycles. The van der Waals surface area contributed by atoms with Crippen molar-refractivity contribution in [3.63, 3.8) is 0 Å². The fraction of sp³-hybridized carbons (Fsp3) is 1.00. The summed E-state index contributed by atoms with van der Waals surface area (Å²) < 4.78 is 0. The van der Waals surface area contributed by atoms with E-state index in [0.717, 1.165) is 13.0 Å². The van der Waals surface area contributed by atoms with Gasteiger partial charge in [-0.2, -0.15) is 0 Å².